The second-order valence-corrected chi connectivity index (χ2v) is 6.76. The molecular formula is C21H20FN7O. The highest BCUT2D eigenvalue weighted by Crippen LogP contribution is 2.18. The Bertz CT molecular complexity index is 1050. The molecule has 0 spiro atoms. The topological polar surface area (TPSA) is 98.3 Å². The number of pyridine rings is 1. The number of nitrogens with zero attached hydrogens (tertiary/aromatic N) is 5. The van der Waals surface area contributed by atoms with Gasteiger partial charge in [0.1, 0.15) is 11.9 Å². The molecule has 0 aromatic carbocycles. The minimum atomic E-state index is -0.508. The molecule has 1 unspecified atom stereocenters. The van der Waals surface area contributed by atoms with Crippen LogP contribution in [0.5, 0.6) is 0 Å². The Labute approximate surface area is 173 Å². The molecular weight excluding hydrogens is 385 g/mol. The first-order valence-corrected chi connectivity index (χ1v) is 9.60. The number of rotatable bonds is 5. The van der Waals surface area contributed by atoms with E-state index in [-0.39, 0.29) is 5.70 Å². The Balaban J connectivity index is 1.60. The highest BCUT2D eigenvalue weighted by molar-refractivity contribution is 6.08. The van der Waals surface area contributed by atoms with Crippen molar-refractivity contribution in [2.75, 3.05) is 26.3 Å². The molecule has 0 aliphatic carbocycles. The summed E-state index contributed by atoms with van der Waals surface area (Å²) in [6.07, 6.45) is 5.06. The van der Waals surface area contributed by atoms with Crippen LogP contribution in [0.4, 0.5) is 4.39 Å². The number of aliphatic imine (C=N–C) groups is 3. The predicted octanol–water partition coefficient (Wildman–Crippen LogP) is 1.76. The zero-order chi connectivity index (χ0) is 20.8. The molecule has 30 heavy (non-hydrogen) atoms. The minimum absolute atomic E-state index is 0.174. The fourth-order valence-electron chi connectivity index (χ4n) is 3.19. The molecule has 8 nitrogen and oxygen atoms in total. The Kier molecular flexibility index (Phi) is 6.09. The van der Waals surface area contributed by atoms with Crippen molar-refractivity contribution >= 4 is 23.4 Å². The molecule has 0 bridgehead atoms. The van der Waals surface area contributed by atoms with Crippen molar-refractivity contribution in [3.05, 3.63) is 59.1 Å². The maximum Gasteiger partial charge on any atom is 0.223 e. The van der Waals surface area contributed by atoms with Gasteiger partial charge in [-0.15, -0.1) is 0 Å². The molecule has 1 saturated heterocycles. The predicted molar refractivity (Wildman–Crippen MR) is 112 cm³/mol. The summed E-state index contributed by atoms with van der Waals surface area (Å²) in [5.41, 5.74) is 5.36. The summed E-state index contributed by atoms with van der Waals surface area (Å²) in [7, 11) is 0. The summed E-state index contributed by atoms with van der Waals surface area (Å²) in [6, 6.07) is 3.85. The molecule has 152 valence electrons. The van der Waals surface area contributed by atoms with Crippen molar-refractivity contribution in [3.63, 3.8) is 0 Å². The van der Waals surface area contributed by atoms with Crippen LogP contribution in [0.3, 0.4) is 0 Å². The van der Waals surface area contributed by atoms with E-state index in [9.17, 15) is 4.39 Å². The summed E-state index contributed by atoms with van der Waals surface area (Å²) in [4.78, 5) is 19.6. The molecule has 9 heteroatoms. The van der Waals surface area contributed by atoms with E-state index >= 15 is 0 Å². The molecule has 0 saturated carbocycles. The Morgan fingerprint density at radius 2 is 2.23 bits per heavy atom. The fraction of sp³-hybridized carbons (Fsp3) is 0.333. The molecule has 4 rings (SSSR count). The van der Waals surface area contributed by atoms with Crippen LogP contribution in [0.1, 0.15) is 17.7 Å². The number of guanidine groups is 1. The molecule has 1 fully saturated rings. The van der Waals surface area contributed by atoms with Gasteiger partial charge in [-0.25, -0.2) is 19.4 Å². The minimum Gasteiger partial charge on any atom is -0.378 e. The van der Waals surface area contributed by atoms with E-state index in [1.165, 1.54) is 0 Å². The van der Waals surface area contributed by atoms with Crippen molar-refractivity contribution in [1.82, 2.24) is 15.2 Å². The molecule has 3 aliphatic heterocycles. The summed E-state index contributed by atoms with van der Waals surface area (Å²) in [6.45, 7) is 2.61. The molecule has 3 aliphatic rings. The molecule has 1 aromatic heterocycles. The normalized spacial score (nSPS) is 20.6. The Morgan fingerprint density at radius 3 is 2.97 bits per heavy atom. The van der Waals surface area contributed by atoms with Gasteiger partial charge in [0.15, 0.2) is 5.83 Å². The third kappa shape index (κ3) is 4.69. The van der Waals surface area contributed by atoms with Crippen molar-refractivity contribution in [1.29, 1.82) is 5.41 Å². The van der Waals surface area contributed by atoms with Crippen LogP contribution in [-0.2, 0) is 11.2 Å². The zero-order valence-electron chi connectivity index (χ0n) is 16.2. The van der Waals surface area contributed by atoms with Crippen LogP contribution in [-0.4, -0.2) is 65.8 Å². The van der Waals surface area contributed by atoms with Gasteiger partial charge in [0.2, 0.25) is 5.96 Å². The van der Waals surface area contributed by atoms with Gasteiger partial charge in [-0.2, -0.15) is 0 Å². The van der Waals surface area contributed by atoms with Crippen LogP contribution < -0.4 is 5.32 Å². The lowest BCUT2D eigenvalue weighted by Crippen LogP contribution is -2.44. The van der Waals surface area contributed by atoms with Crippen LogP contribution >= 0.6 is 0 Å². The first-order valence-electron chi connectivity index (χ1n) is 9.60. The molecule has 1 aromatic rings. The monoisotopic (exact) mass is 405 g/mol. The highest BCUT2D eigenvalue weighted by Gasteiger charge is 2.25. The summed E-state index contributed by atoms with van der Waals surface area (Å²) < 4.78 is 19.5. The number of nitrogens with one attached hydrogen (secondary N) is 2. The van der Waals surface area contributed by atoms with E-state index in [4.69, 9.17) is 15.1 Å². The first kappa shape index (κ1) is 19.7. The van der Waals surface area contributed by atoms with E-state index in [0.29, 0.717) is 45.1 Å². The van der Waals surface area contributed by atoms with E-state index in [0.717, 1.165) is 23.2 Å². The van der Waals surface area contributed by atoms with Gasteiger partial charge in [-0.05, 0) is 29.8 Å². The standard InChI is InChI=1S/C21H20FN7O/c22-17-14-24-7-5-18(17)26-20-12-19(15-3-4-16(25-13-15)2-1-6-23)27-21(28-20)29-8-10-30-11-9-29/h1,3-4,13-14,20,23,26H,2,8-12H2. The number of hydrogen-bond donors (Lipinski definition) is 2. The summed E-state index contributed by atoms with van der Waals surface area (Å²) in [5, 5.41) is 10.1. The van der Waals surface area contributed by atoms with Gasteiger partial charge in [0, 0.05) is 49.3 Å². The second kappa shape index (κ2) is 9.27. The summed E-state index contributed by atoms with van der Waals surface area (Å²) in [5.74, 6) is 4.85. The van der Waals surface area contributed by atoms with E-state index in [1.54, 1.807) is 12.3 Å². The SMILES string of the molecule is N=C=CCc1ccc(C2=NC(N3CCOCC3)=NC(NC3=C=C=NC=C3F)C2)cn1. The van der Waals surface area contributed by atoms with Crippen molar-refractivity contribution < 1.29 is 9.13 Å². The van der Waals surface area contributed by atoms with E-state index in [2.05, 4.69) is 42.7 Å². The third-order valence-electron chi connectivity index (χ3n) is 4.73. The number of aromatic nitrogens is 1. The third-order valence-corrected chi connectivity index (χ3v) is 4.73. The van der Waals surface area contributed by atoms with Gasteiger partial charge < -0.3 is 15.0 Å². The first-order chi connectivity index (χ1) is 14.7. The Hall–Kier alpha value is -3.60. The summed E-state index contributed by atoms with van der Waals surface area (Å²) >= 11 is 0. The second-order valence-electron chi connectivity index (χ2n) is 6.76. The Morgan fingerprint density at radius 1 is 1.37 bits per heavy atom. The van der Waals surface area contributed by atoms with Gasteiger partial charge in [0.25, 0.3) is 0 Å². The average Bonchev–Trinajstić information content (AvgIpc) is 2.80. The van der Waals surface area contributed by atoms with Gasteiger partial charge in [0.05, 0.1) is 25.1 Å². The van der Waals surface area contributed by atoms with Crippen LogP contribution in [0, 0.1) is 5.41 Å². The number of halogens is 1. The highest BCUT2D eigenvalue weighted by atomic mass is 19.1. The quantitative estimate of drug-likeness (QED) is 0.576. The van der Waals surface area contributed by atoms with Crippen molar-refractivity contribution in [3.8, 4) is 0 Å². The smallest absolute Gasteiger partial charge is 0.223 e. The van der Waals surface area contributed by atoms with Gasteiger partial charge in [-0.1, -0.05) is 0 Å². The maximum absolute atomic E-state index is 14.0. The zero-order valence-corrected chi connectivity index (χ0v) is 16.2. The van der Waals surface area contributed by atoms with Crippen molar-refractivity contribution in [2.45, 2.75) is 19.0 Å². The molecule has 0 radical (unpaired) electrons. The lowest BCUT2D eigenvalue weighted by molar-refractivity contribution is 0.0672. The number of hydrogen-bond acceptors (Lipinski definition) is 8. The lowest BCUT2D eigenvalue weighted by Gasteiger charge is -2.31. The molecule has 0 amide bonds. The maximum atomic E-state index is 14.0. The van der Waals surface area contributed by atoms with Gasteiger partial charge in [-0.3, -0.25) is 10.4 Å². The largest absolute Gasteiger partial charge is 0.378 e. The fourth-order valence-corrected chi connectivity index (χ4v) is 3.19. The van der Waals surface area contributed by atoms with Crippen LogP contribution in [0.25, 0.3) is 0 Å². The molecule has 4 heterocycles. The average molecular weight is 405 g/mol. The van der Waals surface area contributed by atoms with E-state index < -0.39 is 12.0 Å². The molecule has 2 N–H and O–H groups in total. The van der Waals surface area contributed by atoms with Crippen molar-refractivity contribution in [2.24, 2.45) is 15.0 Å². The molecule has 1 atom stereocenters. The van der Waals surface area contributed by atoms with E-state index in [1.807, 2.05) is 12.1 Å². The van der Waals surface area contributed by atoms with Crippen LogP contribution in [0.15, 0.2) is 62.8 Å². The number of ether oxygens (including phenoxy) is 1. The lowest BCUT2D eigenvalue weighted by atomic mass is 10.1. The van der Waals surface area contributed by atoms with Crippen LogP contribution in [0.2, 0.25) is 0 Å². The van der Waals surface area contributed by atoms with Gasteiger partial charge >= 0.3 is 0 Å². The number of morpholine rings is 1. The number of allylic oxidation sites excluding steroid dienone is 2.